The van der Waals surface area contributed by atoms with Crippen molar-refractivity contribution in [2.75, 3.05) is 24.5 Å². The predicted molar refractivity (Wildman–Crippen MR) is 88.9 cm³/mol. The molecule has 24 heavy (non-hydrogen) atoms. The first-order valence-corrected chi connectivity index (χ1v) is 8.41. The van der Waals surface area contributed by atoms with Gasteiger partial charge in [0.25, 0.3) is 0 Å². The lowest BCUT2D eigenvalue weighted by atomic mass is 9.96. The van der Waals surface area contributed by atoms with Crippen molar-refractivity contribution in [2.45, 2.75) is 19.3 Å². The van der Waals surface area contributed by atoms with E-state index in [1.54, 1.807) is 34.1 Å². The van der Waals surface area contributed by atoms with Crippen LogP contribution in [-0.4, -0.2) is 47.4 Å². The molecule has 0 unspecified atom stereocenters. The summed E-state index contributed by atoms with van der Waals surface area (Å²) in [6.07, 6.45) is 1.41. The molecule has 2 amide bonds. The largest absolute Gasteiger partial charge is 0.481 e. The van der Waals surface area contributed by atoms with Gasteiger partial charge >= 0.3 is 5.97 Å². The molecule has 2 atom stereocenters. The number of anilines is 1. The lowest BCUT2D eigenvalue weighted by Gasteiger charge is -2.32. The number of carboxylic acids is 1. The third kappa shape index (κ3) is 3.24. The van der Waals surface area contributed by atoms with Crippen LogP contribution in [-0.2, 0) is 14.4 Å². The zero-order valence-electron chi connectivity index (χ0n) is 13.2. The Morgan fingerprint density at radius 3 is 2.62 bits per heavy atom. The smallest absolute Gasteiger partial charge is 0.308 e. The summed E-state index contributed by atoms with van der Waals surface area (Å²) < 4.78 is 0. The number of carbonyl (C=O) groups is 3. The number of amides is 2. The highest BCUT2D eigenvalue weighted by Crippen LogP contribution is 2.32. The van der Waals surface area contributed by atoms with Gasteiger partial charge in [-0.05, 0) is 25.0 Å². The Labute approximate surface area is 145 Å². The van der Waals surface area contributed by atoms with E-state index in [2.05, 4.69) is 0 Å². The molecule has 6 nitrogen and oxygen atoms in total. The lowest BCUT2D eigenvalue weighted by molar-refractivity contribution is -0.146. The van der Waals surface area contributed by atoms with Crippen LogP contribution in [0.1, 0.15) is 19.3 Å². The van der Waals surface area contributed by atoms with Crippen LogP contribution >= 0.6 is 11.6 Å². The van der Waals surface area contributed by atoms with Crippen LogP contribution in [0.5, 0.6) is 0 Å². The summed E-state index contributed by atoms with van der Waals surface area (Å²) in [6.45, 7) is 1.07. The fourth-order valence-electron chi connectivity index (χ4n) is 3.41. The summed E-state index contributed by atoms with van der Waals surface area (Å²) in [4.78, 5) is 39.3. The highest BCUT2D eigenvalue weighted by molar-refractivity contribution is 6.33. The van der Waals surface area contributed by atoms with Crippen molar-refractivity contribution in [3.05, 3.63) is 29.3 Å². The molecule has 0 aromatic heterocycles. The molecule has 3 rings (SSSR count). The first kappa shape index (κ1) is 16.8. The molecule has 7 heteroatoms. The van der Waals surface area contributed by atoms with Crippen LogP contribution in [0, 0.1) is 11.8 Å². The molecule has 2 fully saturated rings. The van der Waals surface area contributed by atoms with Crippen molar-refractivity contribution in [3.63, 3.8) is 0 Å². The highest BCUT2D eigenvalue weighted by atomic mass is 35.5. The number of piperidine rings is 1. The average molecular weight is 351 g/mol. The van der Waals surface area contributed by atoms with Gasteiger partial charge in [0.1, 0.15) is 0 Å². The number of rotatable bonds is 3. The molecule has 2 saturated heterocycles. The van der Waals surface area contributed by atoms with Crippen LogP contribution in [0.15, 0.2) is 24.3 Å². The van der Waals surface area contributed by atoms with Gasteiger partial charge in [-0.25, -0.2) is 0 Å². The van der Waals surface area contributed by atoms with E-state index in [4.69, 9.17) is 16.7 Å². The first-order chi connectivity index (χ1) is 11.5. The molecule has 128 valence electrons. The second-order valence-corrected chi connectivity index (χ2v) is 6.73. The molecule has 0 bridgehead atoms. The normalized spacial score (nSPS) is 24.3. The van der Waals surface area contributed by atoms with Gasteiger partial charge in [0.05, 0.1) is 22.5 Å². The van der Waals surface area contributed by atoms with E-state index in [-0.39, 0.29) is 31.3 Å². The average Bonchev–Trinajstić information content (AvgIpc) is 2.96. The summed E-state index contributed by atoms with van der Waals surface area (Å²) in [7, 11) is 0. The third-order valence-electron chi connectivity index (χ3n) is 4.70. The zero-order chi connectivity index (χ0) is 17.3. The second-order valence-electron chi connectivity index (χ2n) is 6.32. The Hall–Kier alpha value is -2.08. The van der Waals surface area contributed by atoms with Crippen molar-refractivity contribution in [2.24, 2.45) is 11.8 Å². The van der Waals surface area contributed by atoms with E-state index in [0.717, 1.165) is 0 Å². The first-order valence-electron chi connectivity index (χ1n) is 8.04. The summed E-state index contributed by atoms with van der Waals surface area (Å²) in [5.74, 6) is -2.09. The third-order valence-corrected chi connectivity index (χ3v) is 5.02. The molecule has 1 N–H and O–H groups in total. The number of likely N-dealkylation sites (tertiary alicyclic amines) is 1. The number of aliphatic carboxylic acids is 1. The van der Waals surface area contributed by atoms with Gasteiger partial charge < -0.3 is 14.9 Å². The van der Waals surface area contributed by atoms with Crippen LogP contribution in [0.4, 0.5) is 5.69 Å². The maximum absolute atomic E-state index is 12.7. The Morgan fingerprint density at radius 1 is 1.17 bits per heavy atom. The van der Waals surface area contributed by atoms with Crippen molar-refractivity contribution in [1.29, 1.82) is 0 Å². The molecule has 1 aromatic carbocycles. The number of benzene rings is 1. The summed E-state index contributed by atoms with van der Waals surface area (Å²) in [5.41, 5.74) is 0.613. The highest BCUT2D eigenvalue weighted by Gasteiger charge is 2.39. The lowest BCUT2D eigenvalue weighted by Crippen LogP contribution is -2.45. The summed E-state index contributed by atoms with van der Waals surface area (Å²) in [5, 5.41) is 9.63. The monoisotopic (exact) mass is 350 g/mol. The minimum Gasteiger partial charge on any atom is -0.481 e. The SMILES string of the molecule is O=C(O)[C@H]1CCCN(C(=O)[C@H]2CC(=O)N(c3ccccc3Cl)C2)C1. The van der Waals surface area contributed by atoms with Crippen molar-refractivity contribution < 1.29 is 19.5 Å². The summed E-state index contributed by atoms with van der Waals surface area (Å²) in [6, 6.07) is 7.05. The predicted octanol–water partition coefficient (Wildman–Crippen LogP) is 2.02. The molecule has 0 saturated carbocycles. The zero-order valence-corrected chi connectivity index (χ0v) is 13.9. The summed E-state index contributed by atoms with van der Waals surface area (Å²) >= 11 is 6.15. The molecule has 0 radical (unpaired) electrons. The molecule has 1 aromatic rings. The molecule has 0 spiro atoms. The fraction of sp³-hybridized carbons (Fsp3) is 0.471. The number of para-hydroxylation sites is 1. The minimum atomic E-state index is -0.868. The number of carboxylic acid groups (broad SMARTS) is 1. The van der Waals surface area contributed by atoms with Crippen LogP contribution in [0.3, 0.4) is 0 Å². The van der Waals surface area contributed by atoms with Gasteiger partial charge in [-0.1, -0.05) is 23.7 Å². The number of halogens is 1. The second kappa shape index (κ2) is 6.81. The molecule has 2 aliphatic heterocycles. The van der Waals surface area contributed by atoms with Crippen molar-refractivity contribution in [1.82, 2.24) is 4.90 Å². The van der Waals surface area contributed by atoms with E-state index in [9.17, 15) is 14.4 Å². The standard InChI is InChI=1S/C17H19ClN2O4/c18-13-5-1-2-6-14(13)20-10-12(8-15(20)21)16(22)19-7-3-4-11(9-19)17(23)24/h1-2,5-6,11-12H,3-4,7-10H2,(H,23,24)/t11-,12-/m0/s1. The van der Waals surface area contributed by atoms with Gasteiger partial charge in [0, 0.05) is 26.1 Å². The number of carbonyl (C=O) groups excluding carboxylic acids is 2. The molecule has 2 heterocycles. The van der Waals surface area contributed by atoms with Gasteiger partial charge in [0.15, 0.2) is 0 Å². The Balaban J connectivity index is 1.70. The Morgan fingerprint density at radius 2 is 1.92 bits per heavy atom. The van der Waals surface area contributed by atoms with E-state index >= 15 is 0 Å². The van der Waals surface area contributed by atoms with E-state index < -0.39 is 17.8 Å². The minimum absolute atomic E-state index is 0.131. The van der Waals surface area contributed by atoms with Crippen molar-refractivity contribution >= 4 is 35.1 Å². The number of hydrogen-bond donors (Lipinski definition) is 1. The topological polar surface area (TPSA) is 77.9 Å². The molecule has 0 aliphatic carbocycles. The van der Waals surface area contributed by atoms with Gasteiger partial charge in [-0.2, -0.15) is 0 Å². The quantitative estimate of drug-likeness (QED) is 0.904. The van der Waals surface area contributed by atoms with Crippen LogP contribution in [0.2, 0.25) is 5.02 Å². The number of hydrogen-bond acceptors (Lipinski definition) is 3. The van der Waals surface area contributed by atoms with Gasteiger partial charge in [-0.15, -0.1) is 0 Å². The van der Waals surface area contributed by atoms with E-state index in [0.29, 0.717) is 30.1 Å². The van der Waals surface area contributed by atoms with E-state index in [1.165, 1.54) is 0 Å². The Bertz CT molecular complexity index is 678. The number of nitrogens with zero attached hydrogens (tertiary/aromatic N) is 2. The fourth-order valence-corrected chi connectivity index (χ4v) is 3.65. The van der Waals surface area contributed by atoms with Gasteiger partial charge in [0.2, 0.25) is 11.8 Å². The maximum Gasteiger partial charge on any atom is 0.308 e. The van der Waals surface area contributed by atoms with Crippen molar-refractivity contribution in [3.8, 4) is 0 Å². The Kier molecular flexibility index (Phi) is 4.76. The molecular weight excluding hydrogens is 332 g/mol. The van der Waals surface area contributed by atoms with Crippen LogP contribution < -0.4 is 4.90 Å². The van der Waals surface area contributed by atoms with Crippen LogP contribution in [0.25, 0.3) is 0 Å². The molecular formula is C17H19ClN2O4. The maximum atomic E-state index is 12.7. The van der Waals surface area contributed by atoms with Gasteiger partial charge in [-0.3, -0.25) is 14.4 Å². The molecule has 2 aliphatic rings. The van der Waals surface area contributed by atoms with E-state index in [1.807, 2.05) is 0 Å².